The smallest absolute Gasteiger partial charge is 0.248 e. The van der Waals surface area contributed by atoms with Gasteiger partial charge >= 0.3 is 0 Å². The number of carbonyl (C=O) groups excluding carboxylic acids is 1. The summed E-state index contributed by atoms with van der Waals surface area (Å²) in [6.45, 7) is 9.02. The first kappa shape index (κ1) is 22.3. The number of amides is 1. The molecule has 2 aromatic heterocycles. The molecule has 0 fully saturated rings. The minimum absolute atomic E-state index is 0.134. The van der Waals surface area contributed by atoms with Gasteiger partial charge in [-0.15, -0.1) is 0 Å². The Balaban J connectivity index is 2.15. The van der Waals surface area contributed by atoms with E-state index in [0.717, 1.165) is 0 Å². The summed E-state index contributed by atoms with van der Waals surface area (Å²) in [5, 5.41) is 20.4. The summed E-state index contributed by atoms with van der Waals surface area (Å²) in [7, 11) is 0. The average Bonchev–Trinajstić information content (AvgIpc) is 2.70. The van der Waals surface area contributed by atoms with Gasteiger partial charge in [-0.3, -0.25) is 9.78 Å². The molecule has 0 saturated carbocycles. The molecule has 9 nitrogen and oxygen atoms in total. The van der Waals surface area contributed by atoms with E-state index >= 15 is 0 Å². The maximum absolute atomic E-state index is 11.9. The fraction of sp³-hybridized carbons (Fsp3) is 0.316. The fourth-order valence-electron chi connectivity index (χ4n) is 2.44. The highest BCUT2D eigenvalue weighted by Crippen LogP contribution is 2.28. The van der Waals surface area contributed by atoms with Crippen molar-refractivity contribution in [1.82, 2.24) is 20.3 Å². The Bertz CT molecular complexity index is 884. The number of nitrogens with one attached hydrogen (secondary N) is 2. The van der Waals surface area contributed by atoms with Gasteiger partial charge < -0.3 is 15.7 Å². The number of hydrogen-bond donors (Lipinski definition) is 3. The number of aliphatic hydroxyl groups is 1. The second kappa shape index (κ2) is 9.94. The van der Waals surface area contributed by atoms with E-state index in [1.807, 2.05) is 13.8 Å². The Morgan fingerprint density at radius 2 is 2.07 bits per heavy atom. The third-order valence-corrected chi connectivity index (χ3v) is 4.21. The summed E-state index contributed by atoms with van der Waals surface area (Å²) in [6, 6.07) is 3.54. The average molecular weight is 418 g/mol. The van der Waals surface area contributed by atoms with E-state index < -0.39 is 5.54 Å². The van der Waals surface area contributed by atoms with Gasteiger partial charge in [0.2, 0.25) is 11.9 Å². The summed E-state index contributed by atoms with van der Waals surface area (Å²) in [4.78, 5) is 24.9. The van der Waals surface area contributed by atoms with Crippen LogP contribution in [-0.4, -0.2) is 45.8 Å². The Labute approximate surface area is 174 Å². The molecule has 2 rings (SSSR count). The van der Waals surface area contributed by atoms with Crippen LogP contribution in [-0.2, 0) is 10.3 Å². The first-order valence-corrected chi connectivity index (χ1v) is 9.21. The molecule has 0 aliphatic carbocycles. The summed E-state index contributed by atoms with van der Waals surface area (Å²) >= 11 is 6.24. The molecule has 0 aliphatic heterocycles. The molecule has 29 heavy (non-hydrogen) atoms. The minimum atomic E-state index is -0.600. The van der Waals surface area contributed by atoms with E-state index in [1.165, 1.54) is 11.2 Å². The molecule has 0 bridgehead atoms. The van der Waals surface area contributed by atoms with Crippen LogP contribution in [0.3, 0.4) is 0 Å². The topological polar surface area (TPSA) is 116 Å². The number of hydrogen-bond acceptors (Lipinski definition) is 8. The van der Waals surface area contributed by atoms with Crippen LogP contribution in [0.4, 0.5) is 11.6 Å². The second-order valence-corrected chi connectivity index (χ2v) is 7.03. The molecule has 3 N–H and O–H groups in total. The zero-order valence-electron chi connectivity index (χ0n) is 16.6. The quantitative estimate of drug-likeness (QED) is 0.325. The maximum atomic E-state index is 11.9. The predicted octanol–water partition coefficient (Wildman–Crippen LogP) is 2.31. The highest BCUT2D eigenvalue weighted by Gasteiger charge is 2.25. The van der Waals surface area contributed by atoms with Gasteiger partial charge in [0.15, 0.2) is 0 Å². The second-order valence-electron chi connectivity index (χ2n) is 6.63. The van der Waals surface area contributed by atoms with Crippen molar-refractivity contribution in [1.29, 1.82) is 0 Å². The molecule has 0 radical (unpaired) electrons. The van der Waals surface area contributed by atoms with Crippen LogP contribution in [0.1, 0.15) is 26.5 Å². The van der Waals surface area contributed by atoms with Gasteiger partial charge in [-0.05, 0) is 32.9 Å². The van der Waals surface area contributed by atoms with Crippen LogP contribution in [0.2, 0.25) is 5.02 Å². The van der Waals surface area contributed by atoms with Crippen molar-refractivity contribution >= 4 is 35.9 Å². The van der Waals surface area contributed by atoms with Gasteiger partial charge in [0.1, 0.15) is 5.69 Å². The summed E-state index contributed by atoms with van der Waals surface area (Å²) < 4.78 is 0. The molecule has 1 amide bonds. The Kier molecular flexibility index (Phi) is 7.63. The highest BCUT2D eigenvalue weighted by molar-refractivity contribution is 6.31. The van der Waals surface area contributed by atoms with Gasteiger partial charge in [-0.25, -0.2) is 15.0 Å². The van der Waals surface area contributed by atoms with Crippen LogP contribution in [0, 0.1) is 0 Å². The van der Waals surface area contributed by atoms with Crippen molar-refractivity contribution in [3.63, 3.8) is 0 Å². The molecule has 0 saturated heterocycles. The van der Waals surface area contributed by atoms with E-state index in [4.69, 9.17) is 16.7 Å². The number of pyridine rings is 1. The molecule has 2 aromatic rings. The lowest BCUT2D eigenvalue weighted by molar-refractivity contribution is -0.117. The number of aliphatic hydroxyl groups excluding tert-OH is 1. The molecule has 0 aromatic carbocycles. The first-order valence-electron chi connectivity index (χ1n) is 8.83. The third kappa shape index (κ3) is 5.97. The van der Waals surface area contributed by atoms with E-state index in [0.29, 0.717) is 27.9 Å². The van der Waals surface area contributed by atoms with Crippen molar-refractivity contribution in [2.45, 2.75) is 26.3 Å². The molecular weight excluding hydrogens is 394 g/mol. The van der Waals surface area contributed by atoms with Gasteiger partial charge in [0, 0.05) is 31.2 Å². The Hall–Kier alpha value is -3.04. The Morgan fingerprint density at radius 1 is 1.38 bits per heavy atom. The number of aromatic nitrogens is 3. The van der Waals surface area contributed by atoms with Crippen molar-refractivity contribution in [3.8, 4) is 0 Å². The van der Waals surface area contributed by atoms with Gasteiger partial charge in [0.25, 0.3) is 0 Å². The molecule has 2 heterocycles. The van der Waals surface area contributed by atoms with Crippen molar-refractivity contribution in [3.05, 3.63) is 53.2 Å². The molecule has 0 spiro atoms. The Morgan fingerprint density at radius 3 is 2.66 bits per heavy atom. The van der Waals surface area contributed by atoms with E-state index in [2.05, 4.69) is 37.4 Å². The van der Waals surface area contributed by atoms with Gasteiger partial charge in [-0.1, -0.05) is 11.6 Å². The SMILES string of the molecule is C=NN(/C=C(\C)C(=O)NCCO)c1cnc(NC(C)(C)c2ncccc2Cl)nc1. The lowest BCUT2D eigenvalue weighted by atomic mass is 10.00. The summed E-state index contributed by atoms with van der Waals surface area (Å²) in [5.41, 5.74) is 0.987. The summed E-state index contributed by atoms with van der Waals surface area (Å²) in [5.74, 6) is 0.0618. The lowest BCUT2D eigenvalue weighted by Crippen LogP contribution is -2.30. The van der Waals surface area contributed by atoms with E-state index in [9.17, 15) is 4.79 Å². The summed E-state index contributed by atoms with van der Waals surface area (Å²) in [6.07, 6.45) is 6.28. The van der Waals surface area contributed by atoms with Crippen LogP contribution < -0.4 is 15.6 Å². The maximum Gasteiger partial charge on any atom is 0.248 e. The lowest BCUT2D eigenvalue weighted by Gasteiger charge is -2.26. The van der Waals surface area contributed by atoms with Crippen LogP contribution in [0.15, 0.2) is 47.6 Å². The molecule has 10 heteroatoms. The zero-order valence-corrected chi connectivity index (χ0v) is 17.3. The van der Waals surface area contributed by atoms with E-state index in [-0.39, 0.29) is 19.1 Å². The normalized spacial score (nSPS) is 11.7. The molecule has 0 unspecified atom stereocenters. The number of carbonyl (C=O) groups is 1. The zero-order chi connectivity index (χ0) is 21.4. The van der Waals surface area contributed by atoms with Crippen molar-refractivity contribution in [2.75, 3.05) is 23.5 Å². The standard InChI is InChI=1S/C19H24ClN7O2/c1-13(17(29)23-8-9-28)12-27(21-4)14-10-24-18(25-11-14)26-19(2,3)16-15(20)6-5-7-22-16/h5-7,10-12,28H,4,8-9H2,1-3H3,(H,23,29)(H,24,25,26)/b13-12+. The number of anilines is 2. The number of rotatable bonds is 9. The fourth-order valence-corrected chi connectivity index (χ4v) is 2.79. The van der Waals surface area contributed by atoms with Crippen LogP contribution in [0.5, 0.6) is 0 Å². The molecule has 0 atom stereocenters. The molecular formula is C19H24ClN7O2. The minimum Gasteiger partial charge on any atom is -0.395 e. The van der Waals surface area contributed by atoms with Crippen LogP contribution >= 0.6 is 11.6 Å². The van der Waals surface area contributed by atoms with Gasteiger partial charge in [-0.2, -0.15) is 5.10 Å². The largest absolute Gasteiger partial charge is 0.395 e. The third-order valence-electron chi connectivity index (χ3n) is 3.90. The highest BCUT2D eigenvalue weighted by atomic mass is 35.5. The number of halogens is 1. The van der Waals surface area contributed by atoms with Gasteiger partial charge in [0.05, 0.1) is 35.3 Å². The molecule has 154 valence electrons. The predicted molar refractivity (Wildman–Crippen MR) is 114 cm³/mol. The van der Waals surface area contributed by atoms with E-state index in [1.54, 1.807) is 37.6 Å². The monoisotopic (exact) mass is 417 g/mol. The first-order chi connectivity index (χ1) is 13.8. The van der Waals surface area contributed by atoms with Crippen molar-refractivity contribution in [2.24, 2.45) is 5.10 Å². The number of nitrogens with zero attached hydrogens (tertiary/aromatic N) is 5. The number of hydrazone groups is 1. The van der Waals surface area contributed by atoms with Crippen LogP contribution in [0.25, 0.3) is 0 Å². The molecule has 0 aliphatic rings. The van der Waals surface area contributed by atoms with Crippen molar-refractivity contribution < 1.29 is 9.90 Å².